The molecule has 0 heterocycles. The molecule has 0 aromatic carbocycles. The lowest BCUT2D eigenvalue weighted by Gasteiger charge is -2.35. The van der Waals surface area contributed by atoms with Gasteiger partial charge in [-0.05, 0) is 43.9 Å². The minimum Gasteiger partial charge on any atom is -0.378 e. The maximum absolute atomic E-state index is 11.5. The molecule has 2 fully saturated rings. The van der Waals surface area contributed by atoms with Crippen molar-refractivity contribution in [3.63, 3.8) is 0 Å². The van der Waals surface area contributed by atoms with E-state index in [9.17, 15) is 8.42 Å². The first-order chi connectivity index (χ1) is 9.30. The minimum atomic E-state index is -3.42. The zero-order valence-electron chi connectivity index (χ0n) is 12.8. The summed E-state index contributed by atoms with van der Waals surface area (Å²) in [5, 5.41) is 5.27. The molecule has 0 radical (unpaired) electrons. The predicted octanol–water partition coefficient (Wildman–Crippen LogP) is 2.68. The summed E-state index contributed by atoms with van der Waals surface area (Å²) in [6, 6.07) is 0. The number of ether oxygens (including phenoxy) is 1. The van der Waals surface area contributed by atoms with Crippen LogP contribution in [0.1, 0.15) is 58.8 Å². The Balaban J connectivity index is 1.90. The van der Waals surface area contributed by atoms with Crippen LogP contribution in [0, 0.1) is 17.3 Å². The van der Waals surface area contributed by atoms with Gasteiger partial charge in [0.1, 0.15) is 0 Å². The molecular formula is C15H29NO3S. The van der Waals surface area contributed by atoms with E-state index in [1.165, 1.54) is 6.42 Å². The SMILES string of the molecule is CC1CCC(OCC2(CS(N)(=O)=O)CCCC2)CC1C. The molecule has 4 nitrogen and oxygen atoms in total. The van der Waals surface area contributed by atoms with Crippen LogP contribution < -0.4 is 5.14 Å². The summed E-state index contributed by atoms with van der Waals surface area (Å²) >= 11 is 0. The Morgan fingerprint density at radius 2 is 1.80 bits per heavy atom. The van der Waals surface area contributed by atoms with Crippen molar-refractivity contribution in [3.05, 3.63) is 0 Å². The van der Waals surface area contributed by atoms with Crippen LogP contribution in [0.5, 0.6) is 0 Å². The fourth-order valence-corrected chi connectivity index (χ4v) is 5.05. The van der Waals surface area contributed by atoms with Gasteiger partial charge >= 0.3 is 0 Å². The monoisotopic (exact) mass is 303 g/mol. The van der Waals surface area contributed by atoms with Crippen molar-refractivity contribution in [2.45, 2.75) is 64.9 Å². The molecule has 0 aromatic rings. The Hall–Kier alpha value is -0.130. The summed E-state index contributed by atoms with van der Waals surface area (Å²) < 4.78 is 29.0. The van der Waals surface area contributed by atoms with Gasteiger partial charge in [-0.3, -0.25) is 0 Å². The number of hydrogen-bond donors (Lipinski definition) is 1. The molecule has 2 rings (SSSR count). The molecule has 0 saturated heterocycles. The van der Waals surface area contributed by atoms with Crippen LogP contribution in [0.4, 0.5) is 0 Å². The normalized spacial score (nSPS) is 34.2. The average Bonchev–Trinajstić information content (AvgIpc) is 2.77. The van der Waals surface area contributed by atoms with Crippen molar-refractivity contribution < 1.29 is 13.2 Å². The van der Waals surface area contributed by atoms with E-state index in [0.29, 0.717) is 18.6 Å². The molecule has 118 valence electrons. The van der Waals surface area contributed by atoms with E-state index >= 15 is 0 Å². The molecule has 2 aliphatic rings. The summed E-state index contributed by atoms with van der Waals surface area (Å²) in [7, 11) is -3.42. The number of hydrogen-bond acceptors (Lipinski definition) is 3. The molecule has 20 heavy (non-hydrogen) atoms. The minimum absolute atomic E-state index is 0.0820. The van der Waals surface area contributed by atoms with Crippen molar-refractivity contribution in [1.29, 1.82) is 0 Å². The average molecular weight is 303 g/mol. The van der Waals surface area contributed by atoms with Crippen LogP contribution in [0.3, 0.4) is 0 Å². The van der Waals surface area contributed by atoms with Gasteiger partial charge in [0.2, 0.25) is 10.0 Å². The topological polar surface area (TPSA) is 69.4 Å². The zero-order chi connectivity index (χ0) is 14.8. The van der Waals surface area contributed by atoms with Crippen LogP contribution in [0.25, 0.3) is 0 Å². The van der Waals surface area contributed by atoms with Gasteiger partial charge in [0.05, 0.1) is 18.5 Å². The fourth-order valence-electron chi connectivity index (χ4n) is 3.83. The second kappa shape index (κ2) is 6.32. The lowest BCUT2D eigenvalue weighted by molar-refractivity contribution is -0.0346. The standard InChI is InChI=1S/C15H29NO3S/c1-12-5-6-14(9-13(12)2)19-10-15(7-3-4-8-15)11-20(16,17)18/h12-14H,3-11H2,1-2H3,(H2,16,17,18). The Labute approximate surface area is 123 Å². The lowest BCUT2D eigenvalue weighted by atomic mass is 9.80. The molecule has 5 heteroatoms. The van der Waals surface area contributed by atoms with Gasteiger partial charge in [0, 0.05) is 5.41 Å². The molecule has 2 aliphatic carbocycles. The molecule has 0 spiro atoms. The number of nitrogens with two attached hydrogens (primary N) is 1. The van der Waals surface area contributed by atoms with Gasteiger partial charge in [0.25, 0.3) is 0 Å². The molecule has 2 N–H and O–H groups in total. The van der Waals surface area contributed by atoms with Crippen LogP contribution in [-0.2, 0) is 14.8 Å². The highest BCUT2D eigenvalue weighted by Gasteiger charge is 2.38. The van der Waals surface area contributed by atoms with Crippen LogP contribution in [-0.4, -0.2) is 26.9 Å². The van der Waals surface area contributed by atoms with Gasteiger partial charge in [-0.1, -0.05) is 26.7 Å². The first-order valence-electron chi connectivity index (χ1n) is 7.92. The third-order valence-corrected chi connectivity index (χ3v) is 6.36. The van der Waals surface area contributed by atoms with E-state index in [2.05, 4.69) is 13.8 Å². The first-order valence-corrected chi connectivity index (χ1v) is 9.63. The maximum atomic E-state index is 11.5. The van der Waals surface area contributed by atoms with Gasteiger partial charge < -0.3 is 4.74 Å². The summed E-state index contributed by atoms with van der Waals surface area (Å²) in [5.74, 6) is 1.56. The van der Waals surface area contributed by atoms with Gasteiger partial charge in [0.15, 0.2) is 0 Å². The smallest absolute Gasteiger partial charge is 0.209 e. The van der Waals surface area contributed by atoms with E-state index in [1.807, 2.05) is 0 Å². The van der Waals surface area contributed by atoms with Crippen LogP contribution in [0.2, 0.25) is 0 Å². The highest BCUT2D eigenvalue weighted by molar-refractivity contribution is 7.89. The van der Waals surface area contributed by atoms with Gasteiger partial charge in [-0.15, -0.1) is 0 Å². The quantitative estimate of drug-likeness (QED) is 0.849. The van der Waals surface area contributed by atoms with Gasteiger partial charge in [-0.2, -0.15) is 0 Å². The second-order valence-corrected chi connectivity index (χ2v) is 8.83. The lowest BCUT2D eigenvalue weighted by Crippen LogP contribution is -2.37. The van der Waals surface area contributed by atoms with E-state index in [1.54, 1.807) is 0 Å². The fraction of sp³-hybridized carbons (Fsp3) is 1.00. The van der Waals surface area contributed by atoms with Crippen LogP contribution in [0.15, 0.2) is 0 Å². The molecular weight excluding hydrogens is 274 g/mol. The molecule has 0 bridgehead atoms. The zero-order valence-corrected chi connectivity index (χ0v) is 13.6. The summed E-state index contributed by atoms with van der Waals surface area (Å²) in [4.78, 5) is 0. The van der Waals surface area contributed by atoms with Crippen molar-refractivity contribution >= 4 is 10.0 Å². The summed E-state index contributed by atoms with van der Waals surface area (Å²) in [6.07, 6.45) is 7.79. The van der Waals surface area contributed by atoms with E-state index in [-0.39, 0.29) is 11.2 Å². The van der Waals surface area contributed by atoms with E-state index in [0.717, 1.165) is 44.4 Å². The predicted molar refractivity (Wildman–Crippen MR) is 80.8 cm³/mol. The van der Waals surface area contributed by atoms with E-state index in [4.69, 9.17) is 9.88 Å². The summed E-state index contributed by atoms with van der Waals surface area (Å²) in [5.41, 5.74) is -0.222. The Bertz CT molecular complexity index is 415. The third kappa shape index (κ3) is 4.43. The highest BCUT2D eigenvalue weighted by Crippen LogP contribution is 2.40. The molecule has 0 aliphatic heterocycles. The third-order valence-electron chi connectivity index (χ3n) is 5.35. The summed E-state index contributed by atoms with van der Waals surface area (Å²) in [6.45, 7) is 5.16. The second-order valence-electron chi connectivity index (χ2n) is 7.21. The number of primary sulfonamides is 1. The van der Waals surface area contributed by atoms with Gasteiger partial charge in [-0.25, -0.2) is 13.6 Å². The largest absolute Gasteiger partial charge is 0.378 e. The number of sulfonamides is 1. The molecule has 0 amide bonds. The first kappa shape index (κ1) is 16.2. The van der Waals surface area contributed by atoms with Crippen molar-refractivity contribution in [2.24, 2.45) is 22.4 Å². The molecule has 2 saturated carbocycles. The molecule has 3 atom stereocenters. The van der Waals surface area contributed by atoms with Crippen molar-refractivity contribution in [3.8, 4) is 0 Å². The van der Waals surface area contributed by atoms with Crippen molar-refractivity contribution in [2.75, 3.05) is 12.4 Å². The van der Waals surface area contributed by atoms with E-state index < -0.39 is 10.0 Å². The molecule has 3 unspecified atom stereocenters. The Kier molecular flexibility index (Phi) is 5.14. The number of rotatable bonds is 5. The van der Waals surface area contributed by atoms with Crippen LogP contribution >= 0.6 is 0 Å². The maximum Gasteiger partial charge on any atom is 0.209 e. The Morgan fingerprint density at radius 3 is 2.35 bits per heavy atom. The Morgan fingerprint density at radius 1 is 1.15 bits per heavy atom. The molecule has 0 aromatic heterocycles. The van der Waals surface area contributed by atoms with Crippen molar-refractivity contribution in [1.82, 2.24) is 0 Å². The highest BCUT2D eigenvalue weighted by atomic mass is 32.2.